The van der Waals surface area contributed by atoms with Gasteiger partial charge in [0.15, 0.2) is 5.65 Å². The summed E-state index contributed by atoms with van der Waals surface area (Å²) in [5.74, 6) is 0.986. The lowest BCUT2D eigenvalue weighted by molar-refractivity contribution is 0.366. The molecule has 5 nitrogen and oxygen atoms in total. The molecule has 1 unspecified atom stereocenters. The molecule has 112 valence electrons. The molecular formula is C16H23N5. The van der Waals surface area contributed by atoms with Crippen LogP contribution in [0, 0.1) is 0 Å². The maximum atomic E-state index is 4.54. The highest BCUT2D eigenvalue weighted by Crippen LogP contribution is 2.30. The molecule has 0 bridgehead atoms. The van der Waals surface area contributed by atoms with Crippen molar-refractivity contribution in [2.45, 2.75) is 51.6 Å². The fraction of sp³-hybridized carbons (Fsp3) is 0.562. The van der Waals surface area contributed by atoms with Crippen LogP contribution in [0.15, 0.2) is 25.2 Å². The Kier molecular flexibility index (Phi) is 3.43. The van der Waals surface area contributed by atoms with E-state index in [9.17, 15) is 0 Å². The summed E-state index contributed by atoms with van der Waals surface area (Å²) in [6.07, 6.45) is 9.16. The summed E-state index contributed by atoms with van der Waals surface area (Å²) in [7, 11) is 0. The van der Waals surface area contributed by atoms with Gasteiger partial charge < -0.3 is 4.90 Å². The normalized spacial score (nSPS) is 20.0. The summed E-state index contributed by atoms with van der Waals surface area (Å²) < 4.78 is 1.97. The van der Waals surface area contributed by atoms with Crippen molar-refractivity contribution in [2.75, 3.05) is 11.4 Å². The van der Waals surface area contributed by atoms with Gasteiger partial charge in [-0.25, -0.2) is 14.6 Å². The first-order valence-electron chi connectivity index (χ1n) is 7.61. The Hall–Kier alpha value is -1.91. The number of rotatable bonds is 2. The lowest BCUT2D eigenvalue weighted by atomic mass is 10.0. The molecular weight excluding hydrogens is 262 g/mol. The Balaban J connectivity index is 2.11. The van der Waals surface area contributed by atoms with E-state index in [0.717, 1.165) is 29.8 Å². The first-order chi connectivity index (χ1) is 10.0. The van der Waals surface area contributed by atoms with Crippen LogP contribution in [0.2, 0.25) is 0 Å². The van der Waals surface area contributed by atoms with Gasteiger partial charge in [-0.2, -0.15) is 5.10 Å². The SMILES string of the molecule is C=CC1CCCCN1c1ncnc2c1cnn2C(C)(C)C. The molecule has 3 heterocycles. The lowest BCUT2D eigenvalue weighted by Gasteiger charge is -2.35. The van der Waals surface area contributed by atoms with Crippen molar-refractivity contribution >= 4 is 16.9 Å². The standard InChI is InChI=1S/C16H23N5/c1-5-12-8-6-7-9-20(12)14-13-10-19-21(16(2,3)4)15(13)18-11-17-14/h5,10-12H,1,6-9H2,2-4H3. The maximum absolute atomic E-state index is 4.54. The summed E-state index contributed by atoms with van der Waals surface area (Å²) in [6.45, 7) is 11.4. The second-order valence-electron chi connectivity index (χ2n) is 6.65. The average Bonchev–Trinajstić information content (AvgIpc) is 2.91. The average molecular weight is 285 g/mol. The van der Waals surface area contributed by atoms with Crippen LogP contribution in [0.3, 0.4) is 0 Å². The molecule has 3 rings (SSSR count). The summed E-state index contributed by atoms with van der Waals surface area (Å²) in [5.41, 5.74) is 0.813. The van der Waals surface area contributed by atoms with Crippen LogP contribution in [-0.4, -0.2) is 32.3 Å². The third-order valence-electron chi connectivity index (χ3n) is 4.07. The van der Waals surface area contributed by atoms with E-state index in [2.05, 4.69) is 47.3 Å². The molecule has 1 atom stereocenters. The van der Waals surface area contributed by atoms with E-state index in [1.807, 2.05) is 17.0 Å². The van der Waals surface area contributed by atoms with Gasteiger partial charge in [0, 0.05) is 12.6 Å². The minimum absolute atomic E-state index is 0.0902. The van der Waals surface area contributed by atoms with Gasteiger partial charge in [0.05, 0.1) is 17.1 Å². The van der Waals surface area contributed by atoms with Gasteiger partial charge in [0.25, 0.3) is 0 Å². The fourth-order valence-electron chi connectivity index (χ4n) is 3.02. The number of piperidine rings is 1. The van der Waals surface area contributed by atoms with E-state index in [1.54, 1.807) is 6.33 Å². The summed E-state index contributed by atoms with van der Waals surface area (Å²) in [6, 6.07) is 0.356. The van der Waals surface area contributed by atoms with Gasteiger partial charge in [-0.1, -0.05) is 6.08 Å². The van der Waals surface area contributed by atoms with Crippen LogP contribution < -0.4 is 4.90 Å². The van der Waals surface area contributed by atoms with E-state index in [1.165, 1.54) is 12.8 Å². The van der Waals surface area contributed by atoms with Crippen LogP contribution in [0.1, 0.15) is 40.0 Å². The minimum atomic E-state index is -0.0902. The topological polar surface area (TPSA) is 46.8 Å². The highest BCUT2D eigenvalue weighted by atomic mass is 15.3. The van der Waals surface area contributed by atoms with E-state index in [0.29, 0.717) is 6.04 Å². The smallest absolute Gasteiger partial charge is 0.163 e. The van der Waals surface area contributed by atoms with Gasteiger partial charge >= 0.3 is 0 Å². The van der Waals surface area contributed by atoms with Crippen LogP contribution >= 0.6 is 0 Å². The summed E-state index contributed by atoms with van der Waals surface area (Å²) >= 11 is 0. The maximum Gasteiger partial charge on any atom is 0.163 e. The van der Waals surface area contributed by atoms with Crippen LogP contribution in [0.25, 0.3) is 11.0 Å². The highest BCUT2D eigenvalue weighted by Gasteiger charge is 2.25. The van der Waals surface area contributed by atoms with Crippen molar-refractivity contribution in [3.05, 3.63) is 25.2 Å². The van der Waals surface area contributed by atoms with Crippen molar-refractivity contribution < 1.29 is 0 Å². The lowest BCUT2D eigenvalue weighted by Crippen LogP contribution is -2.38. The minimum Gasteiger partial charge on any atom is -0.349 e. The van der Waals surface area contributed by atoms with E-state index in [4.69, 9.17) is 0 Å². The van der Waals surface area contributed by atoms with Crippen molar-refractivity contribution in [2.24, 2.45) is 0 Å². The zero-order valence-corrected chi connectivity index (χ0v) is 13.1. The van der Waals surface area contributed by atoms with Crippen molar-refractivity contribution in [3.8, 4) is 0 Å². The summed E-state index contributed by atoms with van der Waals surface area (Å²) in [4.78, 5) is 11.3. The number of hydrogen-bond acceptors (Lipinski definition) is 4. The van der Waals surface area contributed by atoms with E-state index < -0.39 is 0 Å². The monoisotopic (exact) mass is 285 g/mol. The Morgan fingerprint density at radius 2 is 2.10 bits per heavy atom. The van der Waals surface area contributed by atoms with Crippen molar-refractivity contribution in [1.82, 2.24) is 19.7 Å². The highest BCUT2D eigenvalue weighted by molar-refractivity contribution is 5.87. The van der Waals surface area contributed by atoms with E-state index >= 15 is 0 Å². The molecule has 1 fully saturated rings. The second-order valence-corrected chi connectivity index (χ2v) is 6.65. The first kappa shape index (κ1) is 14.0. The molecule has 0 radical (unpaired) electrons. The molecule has 0 aromatic carbocycles. The predicted molar refractivity (Wildman–Crippen MR) is 85.5 cm³/mol. The Labute approximate surface area is 125 Å². The quantitative estimate of drug-likeness (QED) is 0.795. The van der Waals surface area contributed by atoms with Crippen LogP contribution in [0.5, 0.6) is 0 Å². The molecule has 0 N–H and O–H groups in total. The second kappa shape index (κ2) is 5.13. The fourth-order valence-corrected chi connectivity index (χ4v) is 3.02. The number of aromatic nitrogens is 4. The van der Waals surface area contributed by atoms with Crippen molar-refractivity contribution in [1.29, 1.82) is 0 Å². The molecule has 2 aromatic rings. The van der Waals surface area contributed by atoms with Crippen LogP contribution in [0.4, 0.5) is 5.82 Å². The Morgan fingerprint density at radius 3 is 2.81 bits per heavy atom. The zero-order valence-electron chi connectivity index (χ0n) is 13.1. The third kappa shape index (κ3) is 2.41. The molecule has 0 amide bonds. The predicted octanol–water partition coefficient (Wildman–Crippen LogP) is 3.13. The summed E-state index contributed by atoms with van der Waals surface area (Å²) in [5, 5.41) is 5.56. The first-order valence-corrected chi connectivity index (χ1v) is 7.61. The number of anilines is 1. The molecule has 1 saturated heterocycles. The van der Waals surface area contributed by atoms with E-state index in [-0.39, 0.29) is 5.54 Å². The number of nitrogens with zero attached hydrogens (tertiary/aromatic N) is 5. The molecule has 0 saturated carbocycles. The van der Waals surface area contributed by atoms with Gasteiger partial charge in [0.1, 0.15) is 12.1 Å². The molecule has 2 aromatic heterocycles. The molecule has 1 aliphatic heterocycles. The van der Waals surface area contributed by atoms with Gasteiger partial charge in [-0.3, -0.25) is 0 Å². The number of fused-ring (bicyclic) bond motifs is 1. The number of hydrogen-bond donors (Lipinski definition) is 0. The van der Waals surface area contributed by atoms with Gasteiger partial charge in [0.2, 0.25) is 0 Å². The molecule has 0 spiro atoms. The largest absolute Gasteiger partial charge is 0.349 e. The van der Waals surface area contributed by atoms with Crippen LogP contribution in [-0.2, 0) is 5.54 Å². The van der Waals surface area contributed by atoms with Gasteiger partial charge in [-0.15, -0.1) is 6.58 Å². The zero-order chi connectivity index (χ0) is 15.0. The Bertz CT molecular complexity index is 652. The molecule has 5 heteroatoms. The van der Waals surface area contributed by atoms with Crippen molar-refractivity contribution in [3.63, 3.8) is 0 Å². The third-order valence-corrected chi connectivity index (χ3v) is 4.07. The Morgan fingerprint density at radius 1 is 1.29 bits per heavy atom. The molecule has 21 heavy (non-hydrogen) atoms. The molecule has 1 aliphatic rings. The van der Waals surface area contributed by atoms with Gasteiger partial charge in [-0.05, 0) is 40.0 Å². The molecule has 0 aliphatic carbocycles.